The zero-order valence-corrected chi connectivity index (χ0v) is 31.7. The lowest BCUT2D eigenvalue weighted by molar-refractivity contribution is -0.148. The van der Waals surface area contributed by atoms with Gasteiger partial charge in [-0.3, -0.25) is 9.59 Å². The first-order chi connectivity index (χ1) is 22.4. The Kier molecular flexibility index (Phi) is 15.6. The fraction of sp³-hybridized carbons (Fsp3) is 0.455. The molecule has 48 heavy (non-hydrogen) atoms. The van der Waals surface area contributed by atoms with Crippen molar-refractivity contribution in [2.24, 2.45) is 10.8 Å². The molecule has 0 unspecified atom stereocenters. The van der Waals surface area contributed by atoms with Crippen molar-refractivity contribution in [3.63, 3.8) is 0 Å². The number of allylic oxidation sites excluding steroid dienone is 20. The van der Waals surface area contributed by atoms with Crippen LogP contribution in [0.5, 0.6) is 0 Å². The molecule has 0 N–H and O–H groups in total. The Morgan fingerprint density at radius 2 is 0.854 bits per heavy atom. The predicted octanol–water partition coefficient (Wildman–Crippen LogP) is 11.7. The largest absolute Gasteiger partial charge is 0.462 e. The van der Waals surface area contributed by atoms with E-state index in [1.807, 2.05) is 0 Å². The van der Waals surface area contributed by atoms with Crippen molar-refractivity contribution in [2.75, 3.05) is 0 Å². The number of carbonyl (C=O) groups is 2. The van der Waals surface area contributed by atoms with Crippen molar-refractivity contribution < 1.29 is 19.1 Å². The van der Waals surface area contributed by atoms with Gasteiger partial charge in [0.05, 0.1) is 0 Å². The molecule has 0 saturated heterocycles. The summed E-state index contributed by atoms with van der Waals surface area (Å²) in [6.45, 7) is 24.6. The second-order valence-corrected chi connectivity index (χ2v) is 14.8. The topological polar surface area (TPSA) is 52.6 Å². The van der Waals surface area contributed by atoms with Crippen LogP contribution in [0.15, 0.2) is 130 Å². The van der Waals surface area contributed by atoms with E-state index in [0.29, 0.717) is 0 Å². The van der Waals surface area contributed by atoms with Crippen LogP contribution in [0.1, 0.15) is 109 Å². The molecule has 0 aromatic carbocycles. The Morgan fingerprint density at radius 3 is 1.17 bits per heavy atom. The number of esters is 2. The van der Waals surface area contributed by atoms with Crippen molar-refractivity contribution >= 4 is 11.9 Å². The molecule has 2 rings (SSSR count). The normalized spacial score (nSPS) is 23.1. The average molecular weight is 653 g/mol. The summed E-state index contributed by atoms with van der Waals surface area (Å²) in [5, 5.41) is 0. The minimum atomic E-state index is -0.206. The molecular weight excluding hydrogens is 592 g/mol. The van der Waals surface area contributed by atoms with Crippen LogP contribution < -0.4 is 0 Å². The smallest absolute Gasteiger partial charge is 0.302 e. The molecule has 4 nitrogen and oxygen atoms in total. The summed E-state index contributed by atoms with van der Waals surface area (Å²) in [5.41, 5.74) is 9.84. The van der Waals surface area contributed by atoms with Gasteiger partial charge in [0, 0.05) is 26.7 Å². The summed E-state index contributed by atoms with van der Waals surface area (Å²) in [6, 6.07) is 0. The maximum atomic E-state index is 11.4. The highest BCUT2D eigenvalue weighted by atomic mass is 16.5. The Hall–Kier alpha value is -3.92. The third kappa shape index (κ3) is 14.1. The Morgan fingerprint density at radius 1 is 0.542 bits per heavy atom. The van der Waals surface area contributed by atoms with Crippen molar-refractivity contribution in [3.8, 4) is 0 Å². The lowest BCUT2D eigenvalue weighted by atomic mass is 9.71. The molecule has 0 saturated carbocycles. The summed E-state index contributed by atoms with van der Waals surface area (Å²) in [5.74, 6) is -0.412. The van der Waals surface area contributed by atoms with E-state index in [-0.39, 0.29) is 35.0 Å². The van der Waals surface area contributed by atoms with Crippen LogP contribution in [0, 0.1) is 10.8 Å². The monoisotopic (exact) mass is 652 g/mol. The summed E-state index contributed by atoms with van der Waals surface area (Å²) < 4.78 is 11.0. The van der Waals surface area contributed by atoms with Crippen molar-refractivity contribution in [2.45, 2.75) is 121 Å². The molecule has 0 aromatic heterocycles. The molecule has 0 heterocycles. The van der Waals surface area contributed by atoms with Gasteiger partial charge in [0.1, 0.15) is 12.2 Å². The highest BCUT2D eigenvalue weighted by molar-refractivity contribution is 5.66. The molecule has 2 atom stereocenters. The van der Waals surface area contributed by atoms with Crippen LogP contribution in [-0.4, -0.2) is 24.1 Å². The third-order valence-corrected chi connectivity index (χ3v) is 8.88. The van der Waals surface area contributed by atoms with E-state index in [2.05, 4.69) is 154 Å². The highest BCUT2D eigenvalue weighted by Crippen LogP contribution is 2.43. The van der Waals surface area contributed by atoms with Crippen LogP contribution in [0.25, 0.3) is 0 Å². The van der Waals surface area contributed by atoms with Crippen LogP contribution in [0.3, 0.4) is 0 Å². The van der Waals surface area contributed by atoms with E-state index in [0.717, 1.165) is 25.7 Å². The molecule has 0 aromatic rings. The van der Waals surface area contributed by atoms with Gasteiger partial charge >= 0.3 is 11.9 Å². The van der Waals surface area contributed by atoms with Gasteiger partial charge in [-0.05, 0) is 76.4 Å². The minimum absolute atomic E-state index is 0.0390. The van der Waals surface area contributed by atoms with Gasteiger partial charge in [-0.1, -0.05) is 146 Å². The molecule has 260 valence electrons. The Labute approximate surface area is 291 Å². The fourth-order valence-corrected chi connectivity index (χ4v) is 6.70. The summed E-state index contributed by atoms with van der Waals surface area (Å²) in [7, 11) is 0. The van der Waals surface area contributed by atoms with E-state index in [4.69, 9.17) is 9.47 Å². The van der Waals surface area contributed by atoms with Gasteiger partial charge in [-0.15, -0.1) is 0 Å². The second-order valence-electron chi connectivity index (χ2n) is 14.8. The first-order valence-electron chi connectivity index (χ1n) is 17.2. The molecule has 0 radical (unpaired) electrons. The van der Waals surface area contributed by atoms with Gasteiger partial charge < -0.3 is 9.47 Å². The number of hydrogen-bond acceptors (Lipinski definition) is 4. The van der Waals surface area contributed by atoms with Crippen LogP contribution in [0.2, 0.25) is 0 Å². The third-order valence-electron chi connectivity index (χ3n) is 8.88. The molecule has 0 amide bonds. The summed E-state index contributed by atoms with van der Waals surface area (Å²) in [6.07, 6.45) is 33.0. The first kappa shape index (κ1) is 40.3. The summed E-state index contributed by atoms with van der Waals surface area (Å²) >= 11 is 0. The van der Waals surface area contributed by atoms with E-state index < -0.39 is 0 Å². The van der Waals surface area contributed by atoms with E-state index >= 15 is 0 Å². The molecule has 0 aliphatic heterocycles. The van der Waals surface area contributed by atoms with E-state index in [9.17, 15) is 9.59 Å². The average Bonchev–Trinajstić information content (AvgIpc) is 2.93. The van der Waals surface area contributed by atoms with Crippen molar-refractivity contribution in [1.82, 2.24) is 0 Å². The lowest BCUT2D eigenvalue weighted by Crippen LogP contribution is -2.31. The molecule has 2 aliphatic rings. The zero-order valence-electron chi connectivity index (χ0n) is 31.7. The lowest BCUT2D eigenvalue weighted by Gasteiger charge is -2.37. The quantitative estimate of drug-likeness (QED) is 0.155. The Bertz CT molecular complexity index is 1400. The number of rotatable bonds is 12. The molecule has 2 aliphatic carbocycles. The maximum absolute atomic E-state index is 11.4. The maximum Gasteiger partial charge on any atom is 0.302 e. The van der Waals surface area contributed by atoms with Crippen LogP contribution in [0.4, 0.5) is 0 Å². The predicted molar refractivity (Wildman–Crippen MR) is 203 cm³/mol. The van der Waals surface area contributed by atoms with E-state index in [1.165, 1.54) is 58.4 Å². The SMILES string of the molecule is CC(=O)O[C@@H]1CC(C)=C(C=CC(C)=CC=CC(C)=CC=CC=C(C)C=CC=C(C)C=CC2=C(C)C[C@@H](OC(C)=O)CC2(C)C)C(C)(C)C1. The highest BCUT2D eigenvalue weighted by Gasteiger charge is 2.35. The number of ether oxygens (including phenoxy) is 2. The summed E-state index contributed by atoms with van der Waals surface area (Å²) in [4.78, 5) is 22.9. The molecule has 0 fully saturated rings. The van der Waals surface area contributed by atoms with Gasteiger partial charge in [0.15, 0.2) is 0 Å². The minimum Gasteiger partial charge on any atom is -0.462 e. The van der Waals surface area contributed by atoms with Gasteiger partial charge in [-0.25, -0.2) is 0 Å². The van der Waals surface area contributed by atoms with Crippen LogP contribution >= 0.6 is 0 Å². The van der Waals surface area contributed by atoms with Gasteiger partial charge in [0.2, 0.25) is 0 Å². The first-order valence-corrected chi connectivity index (χ1v) is 17.2. The standard InChI is InChI=1S/C44H60O4/c1-31(19-15-21-33(3)23-25-41-35(5)27-39(47-37(7)45)29-43(41,9)10)17-13-14-18-32(2)20-16-22-34(4)24-26-42-36(6)28-40(48-38(8)46)30-44(42,11)12/h13-26,39-40H,27-30H2,1-12H3/t39-,40-/m1/s1. The van der Waals surface area contributed by atoms with Crippen molar-refractivity contribution in [1.29, 1.82) is 0 Å². The zero-order chi connectivity index (χ0) is 36.1. The molecule has 0 bridgehead atoms. The second kappa shape index (κ2) is 18.6. The Balaban J connectivity index is 1.92. The molecule has 4 heteroatoms. The van der Waals surface area contributed by atoms with E-state index in [1.54, 1.807) is 0 Å². The molecular formula is C44H60O4. The number of hydrogen-bond donors (Lipinski definition) is 0. The molecule has 0 spiro atoms. The van der Waals surface area contributed by atoms with Gasteiger partial charge in [-0.2, -0.15) is 0 Å². The fourth-order valence-electron chi connectivity index (χ4n) is 6.70. The van der Waals surface area contributed by atoms with Crippen molar-refractivity contribution in [3.05, 3.63) is 130 Å². The van der Waals surface area contributed by atoms with Gasteiger partial charge in [0.25, 0.3) is 0 Å². The number of carbonyl (C=O) groups excluding carboxylic acids is 2. The van der Waals surface area contributed by atoms with Crippen LogP contribution in [-0.2, 0) is 19.1 Å².